The minimum atomic E-state index is 0.0184. The molecule has 2 aromatic carbocycles. The first-order chi connectivity index (χ1) is 17.1. The predicted octanol–water partition coefficient (Wildman–Crippen LogP) is 4.90. The van der Waals surface area contributed by atoms with Crippen molar-refractivity contribution < 1.29 is 4.79 Å². The molecule has 1 fully saturated rings. The van der Waals surface area contributed by atoms with Crippen LogP contribution in [-0.4, -0.2) is 44.5 Å². The summed E-state index contributed by atoms with van der Waals surface area (Å²) in [5.74, 6) is 1.08. The minimum absolute atomic E-state index is 0.0184. The maximum absolute atomic E-state index is 13.4. The number of hydrogen-bond acceptors (Lipinski definition) is 5. The van der Waals surface area contributed by atoms with Gasteiger partial charge in [0.25, 0.3) is 5.56 Å². The molecule has 182 valence electrons. The Morgan fingerprint density at radius 2 is 1.69 bits per heavy atom. The molecule has 0 spiro atoms. The number of carbonyl (C=O) groups excluding carboxylic acids is 1. The van der Waals surface area contributed by atoms with E-state index in [4.69, 9.17) is 4.98 Å². The zero-order valence-corrected chi connectivity index (χ0v) is 21.7. The Morgan fingerprint density at radius 3 is 2.37 bits per heavy atom. The summed E-state index contributed by atoms with van der Waals surface area (Å²) in [5, 5.41) is 1.01. The number of likely N-dealkylation sites (tertiary alicyclic amines) is 1. The first-order valence-corrected chi connectivity index (χ1v) is 14.2. The second kappa shape index (κ2) is 11.0. The SMILES string of the molecule is CC1Cc2nc(SCC(=O)N3CCC(Cc4ccccc4)CC3)n(Cc3ccccc3)c(=O)c2S1. The number of carbonyl (C=O) groups is 1. The quantitative estimate of drug-likeness (QED) is 0.338. The summed E-state index contributed by atoms with van der Waals surface area (Å²) in [5.41, 5.74) is 3.33. The number of thioether (sulfide) groups is 2. The third-order valence-electron chi connectivity index (χ3n) is 6.81. The monoisotopic (exact) mass is 505 g/mol. The Bertz CT molecular complexity index is 1220. The van der Waals surface area contributed by atoms with Crippen LogP contribution in [-0.2, 0) is 24.2 Å². The normalized spacial score (nSPS) is 18.0. The molecule has 0 aliphatic carbocycles. The van der Waals surface area contributed by atoms with Gasteiger partial charge >= 0.3 is 0 Å². The van der Waals surface area contributed by atoms with Gasteiger partial charge in [0.15, 0.2) is 5.16 Å². The average Bonchev–Trinajstić information content (AvgIpc) is 3.26. The van der Waals surface area contributed by atoms with Crippen LogP contribution < -0.4 is 5.56 Å². The highest BCUT2D eigenvalue weighted by atomic mass is 32.2. The summed E-state index contributed by atoms with van der Waals surface area (Å²) in [6.07, 6.45) is 3.96. The van der Waals surface area contributed by atoms with E-state index in [0.29, 0.717) is 28.6 Å². The van der Waals surface area contributed by atoms with Gasteiger partial charge in [0.2, 0.25) is 5.91 Å². The fraction of sp³-hybridized carbons (Fsp3) is 0.393. The molecule has 2 aliphatic rings. The van der Waals surface area contributed by atoms with Gasteiger partial charge in [-0.15, -0.1) is 11.8 Å². The van der Waals surface area contributed by atoms with E-state index in [1.54, 1.807) is 16.3 Å². The number of nitrogens with zero attached hydrogens (tertiary/aromatic N) is 3. The van der Waals surface area contributed by atoms with Crippen molar-refractivity contribution in [3.63, 3.8) is 0 Å². The highest BCUT2D eigenvalue weighted by Crippen LogP contribution is 2.34. The van der Waals surface area contributed by atoms with Crippen molar-refractivity contribution in [3.8, 4) is 0 Å². The molecule has 0 N–H and O–H groups in total. The maximum atomic E-state index is 13.4. The fourth-order valence-electron chi connectivity index (χ4n) is 4.90. The van der Waals surface area contributed by atoms with Crippen molar-refractivity contribution in [2.24, 2.45) is 5.92 Å². The number of fused-ring (bicyclic) bond motifs is 1. The van der Waals surface area contributed by atoms with Crippen LogP contribution in [0.15, 0.2) is 75.5 Å². The molecule has 7 heteroatoms. The lowest BCUT2D eigenvalue weighted by Gasteiger charge is -2.32. The Balaban J connectivity index is 1.24. The summed E-state index contributed by atoms with van der Waals surface area (Å²) in [6, 6.07) is 20.6. The van der Waals surface area contributed by atoms with E-state index >= 15 is 0 Å². The molecule has 0 radical (unpaired) electrons. The smallest absolute Gasteiger partial charge is 0.268 e. The molecule has 5 rings (SSSR count). The van der Waals surface area contributed by atoms with Crippen LogP contribution in [0.25, 0.3) is 0 Å². The second-order valence-corrected chi connectivity index (χ2v) is 11.9. The first kappa shape index (κ1) is 24.2. The Hall–Kier alpha value is -2.51. The molecule has 2 aliphatic heterocycles. The van der Waals surface area contributed by atoms with Crippen molar-refractivity contribution >= 4 is 29.4 Å². The largest absolute Gasteiger partial charge is 0.342 e. The summed E-state index contributed by atoms with van der Waals surface area (Å²) < 4.78 is 1.75. The van der Waals surface area contributed by atoms with Gasteiger partial charge in [0.1, 0.15) is 0 Å². The van der Waals surface area contributed by atoms with Crippen LogP contribution in [0.4, 0.5) is 0 Å². The van der Waals surface area contributed by atoms with Gasteiger partial charge in [-0.25, -0.2) is 4.98 Å². The summed E-state index contributed by atoms with van der Waals surface area (Å²) in [4.78, 5) is 34.0. The van der Waals surface area contributed by atoms with Crippen LogP contribution in [0.3, 0.4) is 0 Å². The van der Waals surface area contributed by atoms with Gasteiger partial charge in [-0.2, -0.15) is 0 Å². The molecule has 5 nitrogen and oxygen atoms in total. The van der Waals surface area contributed by atoms with E-state index < -0.39 is 0 Å². The molecule has 1 saturated heterocycles. The summed E-state index contributed by atoms with van der Waals surface area (Å²) in [7, 11) is 0. The second-order valence-electron chi connectivity index (χ2n) is 9.48. The zero-order chi connectivity index (χ0) is 24.2. The van der Waals surface area contributed by atoms with Gasteiger partial charge in [-0.3, -0.25) is 14.2 Å². The molecule has 3 aromatic rings. The van der Waals surface area contributed by atoms with Gasteiger partial charge in [0, 0.05) is 24.8 Å². The van der Waals surface area contributed by atoms with Crippen LogP contribution in [0, 0.1) is 5.92 Å². The molecule has 0 bridgehead atoms. The van der Waals surface area contributed by atoms with Crippen LogP contribution in [0.1, 0.15) is 36.6 Å². The molecule has 1 amide bonds. The predicted molar refractivity (Wildman–Crippen MR) is 143 cm³/mol. The fourth-order valence-corrected chi connectivity index (χ4v) is 6.93. The summed E-state index contributed by atoms with van der Waals surface area (Å²) in [6.45, 7) is 4.21. The molecule has 3 heterocycles. The average molecular weight is 506 g/mol. The van der Waals surface area contributed by atoms with E-state index in [0.717, 1.165) is 54.9 Å². The van der Waals surface area contributed by atoms with E-state index in [-0.39, 0.29) is 11.5 Å². The lowest BCUT2D eigenvalue weighted by molar-refractivity contribution is -0.129. The van der Waals surface area contributed by atoms with Gasteiger partial charge in [0.05, 0.1) is 22.9 Å². The lowest BCUT2D eigenvalue weighted by Crippen LogP contribution is -2.40. The molecule has 1 aromatic heterocycles. The number of hydrogen-bond donors (Lipinski definition) is 0. The van der Waals surface area contributed by atoms with Gasteiger partial charge < -0.3 is 4.90 Å². The number of aromatic nitrogens is 2. The van der Waals surface area contributed by atoms with Crippen LogP contribution in [0.5, 0.6) is 0 Å². The van der Waals surface area contributed by atoms with Gasteiger partial charge in [-0.05, 0) is 36.3 Å². The zero-order valence-electron chi connectivity index (χ0n) is 20.1. The summed E-state index contributed by atoms with van der Waals surface area (Å²) >= 11 is 3.02. The minimum Gasteiger partial charge on any atom is -0.342 e. The molecule has 35 heavy (non-hydrogen) atoms. The molecule has 1 unspecified atom stereocenters. The molecular weight excluding hydrogens is 474 g/mol. The van der Waals surface area contributed by atoms with Gasteiger partial charge in [-0.1, -0.05) is 79.3 Å². The Labute approximate surface area is 215 Å². The van der Waals surface area contributed by atoms with E-state index in [1.807, 2.05) is 35.2 Å². The van der Waals surface area contributed by atoms with Crippen LogP contribution in [0.2, 0.25) is 0 Å². The van der Waals surface area contributed by atoms with Crippen molar-refractivity contribution in [3.05, 3.63) is 87.8 Å². The Kier molecular flexibility index (Phi) is 7.63. The van der Waals surface area contributed by atoms with E-state index in [9.17, 15) is 9.59 Å². The highest BCUT2D eigenvalue weighted by Gasteiger charge is 2.28. The first-order valence-electron chi connectivity index (χ1n) is 12.4. The third kappa shape index (κ3) is 5.84. The Morgan fingerprint density at radius 1 is 1.03 bits per heavy atom. The van der Waals surface area contributed by atoms with Crippen molar-refractivity contribution in [2.75, 3.05) is 18.8 Å². The van der Waals surface area contributed by atoms with Crippen molar-refractivity contribution in [2.45, 2.75) is 54.5 Å². The van der Waals surface area contributed by atoms with Crippen molar-refractivity contribution in [1.29, 1.82) is 0 Å². The van der Waals surface area contributed by atoms with E-state index in [1.165, 1.54) is 17.3 Å². The molecular formula is C28H31N3O2S2. The van der Waals surface area contributed by atoms with Crippen molar-refractivity contribution in [1.82, 2.24) is 14.5 Å². The number of rotatable bonds is 7. The number of piperidine rings is 1. The standard InChI is InChI=1S/C28H31N3O2S2/c1-20-16-24-26(35-20)27(33)31(18-23-10-6-3-7-11-23)28(29-24)34-19-25(32)30-14-12-22(13-15-30)17-21-8-4-2-5-9-21/h2-11,20,22H,12-19H2,1H3. The highest BCUT2D eigenvalue weighted by molar-refractivity contribution is 8.00. The van der Waals surface area contributed by atoms with E-state index in [2.05, 4.69) is 37.3 Å². The lowest BCUT2D eigenvalue weighted by atomic mass is 9.90. The van der Waals surface area contributed by atoms with Crippen LogP contribution >= 0.6 is 23.5 Å². The topological polar surface area (TPSA) is 55.2 Å². The number of benzene rings is 2. The molecule has 1 atom stereocenters. The maximum Gasteiger partial charge on any atom is 0.268 e. The third-order valence-corrected chi connectivity index (χ3v) is 8.98. The number of amides is 1. The molecule has 0 saturated carbocycles.